The second-order valence-electron chi connectivity index (χ2n) is 15.4. The van der Waals surface area contributed by atoms with Gasteiger partial charge in [0.1, 0.15) is 11.9 Å². The molecule has 4 aliphatic heterocycles. The van der Waals surface area contributed by atoms with Crippen molar-refractivity contribution in [2.75, 3.05) is 45.8 Å². The molecule has 2 aromatic rings. The Morgan fingerprint density at radius 3 is 2.39 bits per heavy atom. The van der Waals surface area contributed by atoms with Crippen molar-refractivity contribution in [1.82, 2.24) is 24.9 Å². The number of nitrogens with zero attached hydrogens (tertiary/aromatic N) is 4. The number of carbonyl (C=O) groups excluding carboxylic acids is 4. The van der Waals surface area contributed by atoms with Crippen LogP contribution in [0.1, 0.15) is 84.2 Å². The number of rotatable bonds is 6. The summed E-state index contributed by atoms with van der Waals surface area (Å²) in [5, 5.41) is 2.91. The Kier molecular flexibility index (Phi) is 9.56. The van der Waals surface area contributed by atoms with Gasteiger partial charge in [-0.05, 0) is 78.5 Å². The summed E-state index contributed by atoms with van der Waals surface area (Å²) in [5.41, 5.74) is 4.10. The molecule has 0 aromatic heterocycles. The van der Waals surface area contributed by atoms with E-state index >= 15 is 13.2 Å². The highest BCUT2D eigenvalue weighted by atomic mass is 35.5. The molecule has 3 fully saturated rings. The quantitative estimate of drug-likeness (QED) is 0.403. The number of hydrogen-bond donors (Lipinski definition) is 1. The number of allylic oxidation sites excluding steroid dienone is 1. The van der Waals surface area contributed by atoms with E-state index in [-0.39, 0.29) is 48.9 Å². The molecular weight excluding hydrogens is 683 g/mol. The normalized spacial score (nSPS) is 25.6. The summed E-state index contributed by atoms with van der Waals surface area (Å²) in [4.78, 5) is 56.9. The van der Waals surface area contributed by atoms with Crippen molar-refractivity contribution >= 4 is 40.8 Å². The van der Waals surface area contributed by atoms with Gasteiger partial charge < -0.3 is 9.80 Å². The number of piperidine rings is 2. The lowest BCUT2D eigenvalue weighted by molar-refractivity contribution is -0.136. The number of nitrogens with one attached hydrogen (secondary N) is 1. The number of imide groups is 1. The van der Waals surface area contributed by atoms with Crippen LogP contribution in [-0.2, 0) is 16.1 Å². The van der Waals surface area contributed by atoms with E-state index in [1.54, 1.807) is 0 Å². The lowest BCUT2D eigenvalue weighted by atomic mass is 9.72. The molecule has 7 rings (SSSR count). The highest BCUT2D eigenvalue weighted by Gasteiger charge is 2.49. The van der Waals surface area contributed by atoms with Crippen LogP contribution >= 0.6 is 11.6 Å². The highest BCUT2D eigenvalue weighted by Crippen LogP contribution is 2.43. The number of piperazine rings is 1. The van der Waals surface area contributed by atoms with Crippen molar-refractivity contribution in [1.29, 1.82) is 0 Å². The molecule has 2 aromatic carbocycles. The second kappa shape index (κ2) is 13.7. The van der Waals surface area contributed by atoms with Gasteiger partial charge in [-0.15, -0.1) is 0 Å². The number of carbonyl (C=O) groups is 4. The smallest absolute Gasteiger partial charge is 0.280 e. The van der Waals surface area contributed by atoms with E-state index in [4.69, 9.17) is 11.6 Å². The maximum atomic E-state index is 15.8. The number of amides is 4. The van der Waals surface area contributed by atoms with Crippen molar-refractivity contribution in [3.05, 3.63) is 75.1 Å². The number of alkyl halides is 2. The summed E-state index contributed by atoms with van der Waals surface area (Å²) in [6, 6.07) is 8.25. The summed E-state index contributed by atoms with van der Waals surface area (Å²) in [5.74, 6) is -6.65. The van der Waals surface area contributed by atoms with Crippen LogP contribution in [0.25, 0.3) is 5.57 Å². The third kappa shape index (κ3) is 7.19. The van der Waals surface area contributed by atoms with Gasteiger partial charge in [0.05, 0.1) is 18.2 Å². The first kappa shape index (κ1) is 35.7. The molecule has 4 amide bonds. The average Bonchev–Trinajstić information content (AvgIpc) is 3.39. The molecule has 0 spiro atoms. The largest absolute Gasteiger partial charge is 0.332 e. The molecule has 51 heavy (non-hydrogen) atoms. The van der Waals surface area contributed by atoms with Crippen LogP contribution in [0.5, 0.6) is 0 Å². The lowest BCUT2D eigenvalue weighted by Gasteiger charge is -2.46. The Bertz CT molecular complexity index is 1790. The van der Waals surface area contributed by atoms with Crippen molar-refractivity contribution in [2.45, 2.75) is 76.9 Å². The number of likely N-dealkylation sites (tertiary alicyclic amines) is 1. The first-order valence-corrected chi connectivity index (χ1v) is 18.1. The zero-order chi connectivity index (χ0) is 36.2. The zero-order valence-corrected chi connectivity index (χ0v) is 29.7. The third-order valence-electron chi connectivity index (χ3n) is 11.3. The molecule has 9 nitrogen and oxygen atoms in total. The summed E-state index contributed by atoms with van der Waals surface area (Å²) in [6.45, 7) is 6.84. The topological polar surface area (TPSA) is 93.3 Å². The van der Waals surface area contributed by atoms with E-state index in [2.05, 4.69) is 36.2 Å². The molecule has 272 valence electrons. The first-order chi connectivity index (χ1) is 24.2. The van der Waals surface area contributed by atoms with E-state index < -0.39 is 54.0 Å². The molecule has 1 N–H and O–H groups in total. The summed E-state index contributed by atoms with van der Waals surface area (Å²) in [7, 11) is 0. The van der Waals surface area contributed by atoms with E-state index in [0.717, 1.165) is 36.8 Å². The van der Waals surface area contributed by atoms with E-state index in [1.165, 1.54) is 27.7 Å². The van der Waals surface area contributed by atoms with Crippen LogP contribution in [-0.4, -0.2) is 107 Å². The first-order valence-electron chi connectivity index (χ1n) is 17.8. The summed E-state index contributed by atoms with van der Waals surface area (Å²) >= 11 is 6.16. The van der Waals surface area contributed by atoms with Gasteiger partial charge in [0.2, 0.25) is 11.8 Å². The van der Waals surface area contributed by atoms with Gasteiger partial charge in [0.15, 0.2) is 0 Å². The average molecular weight is 726 g/mol. The van der Waals surface area contributed by atoms with Gasteiger partial charge in [0.25, 0.3) is 17.7 Å². The SMILES string of the molecule is CC1(C)CCC(CN2CCN(C3CCN(C(=O)c4cc5c(cc4F)C(=O)N(C4CCC(=O)NC4=O)C5)CC3(F)F)CC2)=C(c2ccc(Cl)cc2)C1. The molecule has 3 saturated heterocycles. The second-order valence-corrected chi connectivity index (χ2v) is 15.9. The standard InChI is InChI=1S/C38H43ClF3N5O4/c1-37(2)11-9-24(29(19-37)23-3-5-26(39)6-4-23)20-44-13-15-45(16-14-44)32-10-12-46(22-38(32,41)42)35(50)28-17-25-21-47(36(51)27(25)18-30(28)40)31-7-8-33(48)43-34(31)49/h3-6,17-18,31-32H,7-16,19-22H2,1-2H3,(H,43,48,49). The molecule has 2 unspecified atom stereocenters. The Morgan fingerprint density at radius 2 is 1.71 bits per heavy atom. The monoisotopic (exact) mass is 725 g/mol. The maximum Gasteiger partial charge on any atom is 0.280 e. The molecule has 5 aliphatic rings. The predicted molar refractivity (Wildman–Crippen MR) is 186 cm³/mol. The maximum absolute atomic E-state index is 15.8. The van der Waals surface area contributed by atoms with Crippen molar-refractivity contribution in [3.8, 4) is 0 Å². The molecule has 4 heterocycles. The third-order valence-corrected chi connectivity index (χ3v) is 11.6. The number of benzene rings is 2. The number of fused-ring (bicyclic) bond motifs is 1. The molecule has 2 atom stereocenters. The highest BCUT2D eigenvalue weighted by molar-refractivity contribution is 6.30. The Balaban J connectivity index is 0.976. The van der Waals surface area contributed by atoms with Gasteiger partial charge in [-0.2, -0.15) is 0 Å². The van der Waals surface area contributed by atoms with Crippen molar-refractivity contribution < 1.29 is 32.3 Å². The molecule has 0 saturated carbocycles. The van der Waals surface area contributed by atoms with E-state index in [0.29, 0.717) is 36.8 Å². The number of hydrogen-bond acceptors (Lipinski definition) is 6. The van der Waals surface area contributed by atoms with E-state index in [9.17, 15) is 19.2 Å². The zero-order valence-electron chi connectivity index (χ0n) is 29.0. The van der Waals surface area contributed by atoms with Crippen LogP contribution in [0.4, 0.5) is 13.2 Å². The summed E-state index contributed by atoms with van der Waals surface area (Å²) < 4.78 is 46.9. The Labute approximate surface area is 300 Å². The van der Waals surface area contributed by atoms with Crippen LogP contribution in [0.15, 0.2) is 42.0 Å². The molecule has 0 bridgehead atoms. The Hall–Kier alpha value is -3.74. The minimum Gasteiger partial charge on any atom is -0.332 e. The molecule has 1 aliphatic carbocycles. The predicted octanol–water partition coefficient (Wildman–Crippen LogP) is 5.37. The lowest BCUT2D eigenvalue weighted by Crippen LogP contribution is -2.62. The van der Waals surface area contributed by atoms with E-state index in [1.807, 2.05) is 17.0 Å². The fourth-order valence-electron chi connectivity index (χ4n) is 8.44. The van der Waals surface area contributed by atoms with Crippen LogP contribution in [0.3, 0.4) is 0 Å². The van der Waals surface area contributed by atoms with Gasteiger partial charge in [0, 0.05) is 62.8 Å². The van der Waals surface area contributed by atoms with Gasteiger partial charge in [-0.25, -0.2) is 13.2 Å². The molecule has 13 heteroatoms. The molecular formula is C38H43ClF3N5O4. The van der Waals surface area contributed by atoms with Gasteiger partial charge >= 0.3 is 0 Å². The number of halogens is 4. The minimum absolute atomic E-state index is 0.0155. The van der Waals surface area contributed by atoms with Crippen LogP contribution < -0.4 is 5.32 Å². The fraction of sp³-hybridized carbons (Fsp3) is 0.526. The Morgan fingerprint density at radius 1 is 0.980 bits per heavy atom. The fourth-order valence-corrected chi connectivity index (χ4v) is 8.57. The summed E-state index contributed by atoms with van der Waals surface area (Å²) in [6.07, 6.45) is 3.32. The van der Waals surface area contributed by atoms with Gasteiger partial charge in [-0.1, -0.05) is 43.2 Å². The molecule has 0 radical (unpaired) electrons. The van der Waals surface area contributed by atoms with Crippen molar-refractivity contribution in [2.24, 2.45) is 5.41 Å². The van der Waals surface area contributed by atoms with Crippen LogP contribution in [0.2, 0.25) is 5.02 Å². The van der Waals surface area contributed by atoms with Crippen LogP contribution in [0, 0.1) is 11.2 Å². The van der Waals surface area contributed by atoms with Gasteiger partial charge in [-0.3, -0.25) is 34.3 Å². The van der Waals surface area contributed by atoms with Crippen molar-refractivity contribution in [3.63, 3.8) is 0 Å². The minimum atomic E-state index is -3.21.